The summed E-state index contributed by atoms with van der Waals surface area (Å²) in [7, 11) is 1.71. The molecule has 3 nitrogen and oxygen atoms in total. The van der Waals surface area contributed by atoms with Crippen molar-refractivity contribution in [2.75, 3.05) is 19.0 Å². The number of benzene rings is 1. The summed E-state index contributed by atoms with van der Waals surface area (Å²) in [6, 6.07) is 4.59. The zero-order valence-corrected chi connectivity index (χ0v) is 9.34. The zero-order valence-electron chi connectivity index (χ0n) is 9.34. The van der Waals surface area contributed by atoms with Crippen molar-refractivity contribution in [2.45, 2.75) is 25.8 Å². The van der Waals surface area contributed by atoms with Crippen molar-refractivity contribution in [1.29, 1.82) is 0 Å². The van der Waals surface area contributed by atoms with Crippen molar-refractivity contribution >= 4 is 5.69 Å². The lowest BCUT2D eigenvalue weighted by molar-refractivity contribution is 0.413. The summed E-state index contributed by atoms with van der Waals surface area (Å²) in [5, 5.41) is 3.49. The maximum absolute atomic E-state index is 5.68. The maximum Gasteiger partial charge on any atom is 0.119 e. The zero-order chi connectivity index (χ0) is 10.8. The van der Waals surface area contributed by atoms with E-state index < -0.39 is 0 Å². The lowest BCUT2D eigenvalue weighted by Crippen LogP contribution is -2.33. The van der Waals surface area contributed by atoms with Crippen LogP contribution in [0.1, 0.15) is 17.5 Å². The first kappa shape index (κ1) is 10.3. The number of ether oxygens (including phenoxy) is 1. The standard InChI is InChI=1S/C12H18N2O/c1-8-5-11(15-2)6-9-3-4-10(7-13)14-12(8)9/h5-6,10,14H,3-4,7,13H2,1-2H3. The molecule has 1 heterocycles. The summed E-state index contributed by atoms with van der Waals surface area (Å²) in [4.78, 5) is 0. The molecular formula is C12H18N2O. The number of hydrogen-bond donors (Lipinski definition) is 2. The number of fused-ring (bicyclic) bond motifs is 1. The molecule has 0 saturated heterocycles. The second kappa shape index (κ2) is 4.11. The topological polar surface area (TPSA) is 47.3 Å². The fourth-order valence-corrected chi connectivity index (χ4v) is 2.13. The summed E-state index contributed by atoms with van der Waals surface area (Å²) >= 11 is 0. The highest BCUT2D eigenvalue weighted by atomic mass is 16.5. The van der Waals surface area contributed by atoms with Crippen LogP contribution in [0.15, 0.2) is 12.1 Å². The Morgan fingerprint density at radius 2 is 2.33 bits per heavy atom. The van der Waals surface area contributed by atoms with E-state index in [0.29, 0.717) is 12.6 Å². The van der Waals surface area contributed by atoms with Gasteiger partial charge in [-0.15, -0.1) is 0 Å². The van der Waals surface area contributed by atoms with E-state index in [9.17, 15) is 0 Å². The van der Waals surface area contributed by atoms with Gasteiger partial charge in [-0.3, -0.25) is 0 Å². The Hall–Kier alpha value is -1.22. The van der Waals surface area contributed by atoms with Crippen molar-refractivity contribution in [1.82, 2.24) is 0 Å². The van der Waals surface area contributed by atoms with Crippen LogP contribution in [0.5, 0.6) is 5.75 Å². The van der Waals surface area contributed by atoms with Crippen LogP contribution in [0.4, 0.5) is 5.69 Å². The van der Waals surface area contributed by atoms with Crippen LogP contribution in [0.2, 0.25) is 0 Å². The van der Waals surface area contributed by atoms with Gasteiger partial charge in [0.2, 0.25) is 0 Å². The summed E-state index contributed by atoms with van der Waals surface area (Å²) in [6.07, 6.45) is 2.19. The van der Waals surface area contributed by atoms with Gasteiger partial charge in [-0.2, -0.15) is 0 Å². The minimum Gasteiger partial charge on any atom is -0.497 e. The Kier molecular flexibility index (Phi) is 2.82. The normalized spacial score (nSPS) is 19.3. The minimum atomic E-state index is 0.421. The largest absolute Gasteiger partial charge is 0.497 e. The number of methoxy groups -OCH3 is 1. The van der Waals surface area contributed by atoms with Gasteiger partial charge in [-0.05, 0) is 43.0 Å². The molecule has 82 valence electrons. The molecule has 1 aliphatic rings. The van der Waals surface area contributed by atoms with E-state index in [2.05, 4.69) is 24.4 Å². The molecule has 0 bridgehead atoms. The Bertz CT molecular complexity index is 363. The SMILES string of the molecule is COc1cc(C)c2c(c1)CCC(CN)N2. The molecule has 0 spiro atoms. The molecule has 1 aromatic carbocycles. The predicted octanol–water partition coefficient (Wildman–Crippen LogP) is 1.69. The smallest absolute Gasteiger partial charge is 0.119 e. The second-order valence-corrected chi connectivity index (χ2v) is 4.09. The summed E-state index contributed by atoms with van der Waals surface area (Å²) in [6.45, 7) is 2.80. The van der Waals surface area contributed by atoms with Crippen molar-refractivity contribution in [3.05, 3.63) is 23.3 Å². The molecule has 2 rings (SSSR count). The number of rotatable bonds is 2. The van der Waals surface area contributed by atoms with E-state index in [4.69, 9.17) is 10.5 Å². The van der Waals surface area contributed by atoms with Gasteiger partial charge < -0.3 is 15.8 Å². The quantitative estimate of drug-likeness (QED) is 0.774. The first-order valence-corrected chi connectivity index (χ1v) is 5.38. The number of aryl methyl sites for hydroxylation is 2. The van der Waals surface area contributed by atoms with E-state index in [1.54, 1.807) is 7.11 Å². The highest BCUT2D eigenvalue weighted by Gasteiger charge is 2.18. The summed E-state index contributed by atoms with van der Waals surface area (Å²) in [5.74, 6) is 0.944. The van der Waals surface area contributed by atoms with Gasteiger partial charge in [0.25, 0.3) is 0 Å². The lowest BCUT2D eigenvalue weighted by Gasteiger charge is -2.27. The number of nitrogens with one attached hydrogen (secondary N) is 1. The molecule has 0 saturated carbocycles. The molecule has 0 aromatic heterocycles. The van der Waals surface area contributed by atoms with Gasteiger partial charge in [0, 0.05) is 18.3 Å². The third kappa shape index (κ3) is 1.92. The van der Waals surface area contributed by atoms with E-state index >= 15 is 0 Å². The van der Waals surface area contributed by atoms with Crippen LogP contribution in [-0.4, -0.2) is 19.7 Å². The lowest BCUT2D eigenvalue weighted by atomic mass is 9.95. The van der Waals surface area contributed by atoms with Crippen LogP contribution >= 0.6 is 0 Å². The summed E-state index contributed by atoms with van der Waals surface area (Å²) in [5.41, 5.74) is 9.51. The minimum absolute atomic E-state index is 0.421. The third-order valence-electron chi connectivity index (χ3n) is 3.02. The molecule has 1 aliphatic heterocycles. The Morgan fingerprint density at radius 3 is 3.00 bits per heavy atom. The van der Waals surface area contributed by atoms with Gasteiger partial charge in [0.05, 0.1) is 7.11 Å². The molecule has 1 atom stereocenters. The Morgan fingerprint density at radius 1 is 1.53 bits per heavy atom. The van der Waals surface area contributed by atoms with Gasteiger partial charge in [0.1, 0.15) is 5.75 Å². The van der Waals surface area contributed by atoms with Crippen molar-refractivity contribution in [3.8, 4) is 5.75 Å². The van der Waals surface area contributed by atoms with Crippen LogP contribution in [-0.2, 0) is 6.42 Å². The fraction of sp³-hybridized carbons (Fsp3) is 0.500. The summed E-state index contributed by atoms with van der Waals surface area (Å²) < 4.78 is 5.26. The third-order valence-corrected chi connectivity index (χ3v) is 3.02. The molecule has 1 unspecified atom stereocenters. The van der Waals surface area contributed by atoms with E-state index in [0.717, 1.165) is 18.6 Å². The number of hydrogen-bond acceptors (Lipinski definition) is 3. The van der Waals surface area contributed by atoms with Crippen molar-refractivity contribution in [2.24, 2.45) is 5.73 Å². The molecule has 3 N–H and O–H groups in total. The first-order valence-electron chi connectivity index (χ1n) is 5.38. The van der Waals surface area contributed by atoms with Crippen LogP contribution < -0.4 is 15.8 Å². The van der Waals surface area contributed by atoms with Crippen molar-refractivity contribution < 1.29 is 4.74 Å². The van der Waals surface area contributed by atoms with Gasteiger partial charge in [0.15, 0.2) is 0 Å². The number of nitrogens with two attached hydrogens (primary N) is 1. The van der Waals surface area contributed by atoms with E-state index in [1.165, 1.54) is 16.8 Å². The van der Waals surface area contributed by atoms with Gasteiger partial charge >= 0.3 is 0 Å². The Labute approximate surface area is 90.6 Å². The first-order chi connectivity index (χ1) is 7.24. The molecule has 3 heteroatoms. The molecule has 15 heavy (non-hydrogen) atoms. The molecular weight excluding hydrogens is 188 g/mol. The molecule has 0 amide bonds. The highest BCUT2D eigenvalue weighted by molar-refractivity contribution is 5.62. The molecule has 1 aromatic rings. The van der Waals surface area contributed by atoms with Gasteiger partial charge in [-0.25, -0.2) is 0 Å². The monoisotopic (exact) mass is 206 g/mol. The van der Waals surface area contributed by atoms with E-state index in [-0.39, 0.29) is 0 Å². The van der Waals surface area contributed by atoms with E-state index in [1.807, 2.05) is 0 Å². The maximum atomic E-state index is 5.68. The van der Waals surface area contributed by atoms with Crippen LogP contribution in [0.3, 0.4) is 0 Å². The average molecular weight is 206 g/mol. The van der Waals surface area contributed by atoms with Crippen molar-refractivity contribution in [3.63, 3.8) is 0 Å². The number of anilines is 1. The predicted molar refractivity (Wildman–Crippen MR) is 62.5 cm³/mol. The second-order valence-electron chi connectivity index (χ2n) is 4.09. The molecule has 0 fully saturated rings. The van der Waals surface area contributed by atoms with Crippen LogP contribution in [0.25, 0.3) is 0 Å². The Balaban J connectivity index is 2.35. The van der Waals surface area contributed by atoms with Crippen LogP contribution in [0, 0.1) is 6.92 Å². The van der Waals surface area contributed by atoms with Gasteiger partial charge in [-0.1, -0.05) is 0 Å². The fourth-order valence-electron chi connectivity index (χ4n) is 2.13. The average Bonchev–Trinajstić information content (AvgIpc) is 2.28. The highest BCUT2D eigenvalue weighted by Crippen LogP contribution is 2.31. The molecule has 0 radical (unpaired) electrons. The molecule has 0 aliphatic carbocycles.